The number of methoxy groups -OCH3 is 2. The van der Waals surface area contributed by atoms with Crippen LogP contribution in [-0.4, -0.2) is 38.5 Å². The maximum atomic E-state index is 12.4. The summed E-state index contributed by atoms with van der Waals surface area (Å²) in [6, 6.07) is 4.16. The first-order valence-electron chi connectivity index (χ1n) is 14.0. The van der Waals surface area contributed by atoms with E-state index in [1.54, 1.807) is 7.11 Å². The highest BCUT2D eigenvalue weighted by molar-refractivity contribution is 5.93. The molecular formula is C33H52O5. The molecule has 5 nitrogen and oxygen atoms in total. The summed E-state index contributed by atoms with van der Waals surface area (Å²) >= 11 is 0. The SMILES string of the molecule is C#C.C=C(O)C(C)(C)CC.CCCC1C2CCc3cc(OCCOC)c(C(=O)OC)cc3C2CCC1(C)C. The fourth-order valence-corrected chi connectivity index (χ4v) is 5.84. The number of ether oxygens (including phenoxy) is 3. The number of aliphatic hydroxyl groups is 1. The number of aliphatic hydroxyl groups excluding tert-OH is 1. The Morgan fingerprint density at radius 2 is 1.82 bits per heavy atom. The zero-order chi connectivity index (χ0) is 29.1. The Morgan fingerprint density at radius 3 is 2.32 bits per heavy atom. The summed E-state index contributed by atoms with van der Waals surface area (Å²) in [5.41, 5.74) is 3.56. The summed E-state index contributed by atoms with van der Waals surface area (Å²) in [5, 5.41) is 8.89. The van der Waals surface area contributed by atoms with Crippen LogP contribution in [0.25, 0.3) is 0 Å². The van der Waals surface area contributed by atoms with Crippen LogP contribution in [0.5, 0.6) is 5.75 Å². The van der Waals surface area contributed by atoms with E-state index in [0.29, 0.717) is 41.8 Å². The molecule has 1 N–H and O–H groups in total. The summed E-state index contributed by atoms with van der Waals surface area (Å²) in [4.78, 5) is 12.4. The minimum absolute atomic E-state index is 0.0972. The third kappa shape index (κ3) is 8.27. The number of benzene rings is 1. The van der Waals surface area contributed by atoms with Crippen LogP contribution in [0.3, 0.4) is 0 Å². The molecule has 2 aliphatic rings. The van der Waals surface area contributed by atoms with Gasteiger partial charge in [0.15, 0.2) is 0 Å². The highest BCUT2D eigenvalue weighted by atomic mass is 16.5. The van der Waals surface area contributed by atoms with E-state index in [2.05, 4.69) is 52.3 Å². The number of terminal acetylenes is 1. The second-order valence-corrected chi connectivity index (χ2v) is 11.8. The molecule has 0 aromatic heterocycles. The standard InChI is InChI=1S/C24H36O4.C7H14O.C2H2/c1-6-7-21-18-9-8-16-14-22(28-13-12-26-4)20(23(25)27-5)15-19(16)17(18)10-11-24(21,2)3;1-5-7(3,4)6(2)8;1-2/h14-15,17-18,21H,6-13H2,1-5H3;8H,2,5H2,1,3-4H3;1-2H. The lowest BCUT2D eigenvalue weighted by molar-refractivity contribution is 0.0392. The molecule has 1 aromatic rings. The molecule has 5 heteroatoms. The van der Waals surface area contributed by atoms with E-state index in [9.17, 15) is 4.79 Å². The number of esters is 1. The predicted octanol–water partition coefficient (Wildman–Crippen LogP) is 8.12. The van der Waals surface area contributed by atoms with Gasteiger partial charge in [0.05, 0.1) is 19.5 Å². The van der Waals surface area contributed by atoms with Crippen LogP contribution in [0.4, 0.5) is 0 Å². The summed E-state index contributed by atoms with van der Waals surface area (Å²) in [6.45, 7) is 17.5. The molecule has 1 aromatic carbocycles. The number of allylic oxidation sites excluding steroid dienone is 1. The van der Waals surface area contributed by atoms with Gasteiger partial charge in [-0.1, -0.05) is 54.5 Å². The predicted molar refractivity (Wildman–Crippen MR) is 157 cm³/mol. The van der Waals surface area contributed by atoms with Gasteiger partial charge in [-0.3, -0.25) is 0 Å². The Labute approximate surface area is 232 Å². The van der Waals surface area contributed by atoms with Gasteiger partial charge in [0.2, 0.25) is 0 Å². The van der Waals surface area contributed by atoms with Crippen molar-refractivity contribution in [2.24, 2.45) is 22.7 Å². The molecule has 38 heavy (non-hydrogen) atoms. The summed E-state index contributed by atoms with van der Waals surface area (Å²) < 4.78 is 16.0. The zero-order valence-corrected chi connectivity index (χ0v) is 25.2. The van der Waals surface area contributed by atoms with Gasteiger partial charge >= 0.3 is 5.97 Å². The van der Waals surface area contributed by atoms with Crippen LogP contribution in [0.2, 0.25) is 0 Å². The molecule has 0 radical (unpaired) electrons. The lowest BCUT2D eigenvalue weighted by Gasteiger charge is -2.51. The summed E-state index contributed by atoms with van der Waals surface area (Å²) in [7, 11) is 3.08. The monoisotopic (exact) mass is 528 g/mol. The summed E-state index contributed by atoms with van der Waals surface area (Å²) in [6.07, 6.45) is 16.2. The van der Waals surface area contributed by atoms with Crippen molar-refractivity contribution in [3.8, 4) is 18.6 Å². The topological polar surface area (TPSA) is 65.0 Å². The van der Waals surface area contributed by atoms with Crippen molar-refractivity contribution in [2.45, 2.75) is 92.4 Å². The van der Waals surface area contributed by atoms with Crippen LogP contribution in [-0.2, 0) is 15.9 Å². The minimum atomic E-state index is -0.321. The number of aryl methyl sites for hydroxylation is 1. The lowest BCUT2D eigenvalue weighted by atomic mass is 9.54. The number of fused-ring (bicyclic) bond motifs is 3. The van der Waals surface area contributed by atoms with Gasteiger partial charge in [-0.05, 0) is 85.0 Å². The van der Waals surface area contributed by atoms with E-state index in [4.69, 9.17) is 19.3 Å². The largest absolute Gasteiger partial charge is 0.512 e. The molecule has 3 unspecified atom stereocenters. The number of hydrogen-bond acceptors (Lipinski definition) is 5. The first-order chi connectivity index (χ1) is 17.9. The number of carbonyl (C=O) groups is 1. The quantitative estimate of drug-likeness (QED) is 0.152. The van der Waals surface area contributed by atoms with Crippen LogP contribution in [0.15, 0.2) is 24.5 Å². The average Bonchev–Trinajstić information content (AvgIpc) is 2.90. The molecule has 0 aliphatic heterocycles. The smallest absolute Gasteiger partial charge is 0.341 e. The highest BCUT2D eigenvalue weighted by Crippen LogP contribution is 2.56. The van der Waals surface area contributed by atoms with E-state index in [1.165, 1.54) is 50.3 Å². The molecule has 3 rings (SSSR count). The molecule has 3 atom stereocenters. The molecule has 0 spiro atoms. The molecule has 0 amide bonds. The highest BCUT2D eigenvalue weighted by Gasteiger charge is 2.45. The van der Waals surface area contributed by atoms with Crippen molar-refractivity contribution in [2.75, 3.05) is 27.4 Å². The van der Waals surface area contributed by atoms with Crippen LogP contribution in [0.1, 0.15) is 107 Å². The first-order valence-corrected chi connectivity index (χ1v) is 14.0. The van der Waals surface area contributed by atoms with Crippen molar-refractivity contribution in [1.29, 1.82) is 0 Å². The second-order valence-electron chi connectivity index (χ2n) is 11.8. The van der Waals surface area contributed by atoms with Gasteiger partial charge in [-0.15, -0.1) is 12.8 Å². The van der Waals surface area contributed by atoms with E-state index in [0.717, 1.165) is 18.8 Å². The zero-order valence-electron chi connectivity index (χ0n) is 25.2. The van der Waals surface area contributed by atoms with Gasteiger partial charge < -0.3 is 19.3 Å². The van der Waals surface area contributed by atoms with Crippen molar-refractivity contribution < 1.29 is 24.1 Å². The first kappa shape index (κ1) is 33.6. The fourth-order valence-electron chi connectivity index (χ4n) is 5.84. The van der Waals surface area contributed by atoms with Gasteiger partial charge in [0.1, 0.15) is 17.9 Å². The molecule has 1 fully saturated rings. The molecule has 0 heterocycles. The number of rotatable bonds is 9. The van der Waals surface area contributed by atoms with Crippen LogP contribution < -0.4 is 4.74 Å². The third-order valence-electron chi connectivity index (χ3n) is 8.74. The Balaban J connectivity index is 0.000000620. The maximum absolute atomic E-state index is 12.4. The van der Waals surface area contributed by atoms with Gasteiger partial charge in [-0.2, -0.15) is 0 Å². The maximum Gasteiger partial charge on any atom is 0.341 e. The van der Waals surface area contributed by atoms with Crippen molar-refractivity contribution >= 4 is 5.97 Å². The fraction of sp³-hybridized carbons (Fsp3) is 0.667. The Bertz CT molecular complexity index is 927. The van der Waals surface area contributed by atoms with Crippen LogP contribution in [0, 0.1) is 35.5 Å². The van der Waals surface area contributed by atoms with E-state index in [-0.39, 0.29) is 17.1 Å². The van der Waals surface area contributed by atoms with Crippen molar-refractivity contribution in [3.05, 3.63) is 41.2 Å². The third-order valence-corrected chi connectivity index (χ3v) is 8.74. The van der Waals surface area contributed by atoms with E-state index in [1.807, 2.05) is 20.8 Å². The number of carbonyl (C=O) groups excluding carboxylic acids is 1. The lowest BCUT2D eigenvalue weighted by Crippen LogP contribution is -2.41. The molecular weight excluding hydrogens is 476 g/mol. The molecule has 0 saturated heterocycles. The molecule has 0 bridgehead atoms. The average molecular weight is 529 g/mol. The van der Waals surface area contributed by atoms with Crippen LogP contribution >= 0.6 is 0 Å². The molecule has 2 aliphatic carbocycles. The Kier molecular flexibility index (Phi) is 13.4. The minimum Gasteiger partial charge on any atom is -0.512 e. The van der Waals surface area contributed by atoms with Gasteiger partial charge in [0.25, 0.3) is 0 Å². The van der Waals surface area contributed by atoms with Crippen molar-refractivity contribution in [3.63, 3.8) is 0 Å². The van der Waals surface area contributed by atoms with Gasteiger partial charge in [-0.25, -0.2) is 4.79 Å². The number of hydrogen-bond donors (Lipinski definition) is 1. The molecule has 214 valence electrons. The van der Waals surface area contributed by atoms with E-state index >= 15 is 0 Å². The Morgan fingerprint density at radius 1 is 1.16 bits per heavy atom. The van der Waals surface area contributed by atoms with Crippen molar-refractivity contribution in [1.82, 2.24) is 0 Å². The summed E-state index contributed by atoms with van der Waals surface area (Å²) in [5.74, 6) is 2.59. The van der Waals surface area contributed by atoms with Gasteiger partial charge in [0, 0.05) is 12.5 Å². The Hall–Kier alpha value is -2.45. The van der Waals surface area contributed by atoms with E-state index < -0.39 is 0 Å². The molecule has 1 saturated carbocycles. The second kappa shape index (κ2) is 15.2. The normalized spacial score (nSPS) is 21.3.